The van der Waals surface area contributed by atoms with Gasteiger partial charge in [-0.3, -0.25) is 9.59 Å². The summed E-state index contributed by atoms with van der Waals surface area (Å²) < 4.78 is 10.6. The second-order valence-corrected chi connectivity index (χ2v) is 7.01. The van der Waals surface area contributed by atoms with Gasteiger partial charge >= 0.3 is 5.97 Å². The van der Waals surface area contributed by atoms with Crippen molar-refractivity contribution in [2.75, 3.05) is 18.1 Å². The second-order valence-electron chi connectivity index (χ2n) is 6.63. The van der Waals surface area contributed by atoms with Crippen molar-refractivity contribution in [2.24, 2.45) is 0 Å². The minimum atomic E-state index is -0.608. The first-order chi connectivity index (χ1) is 14.5. The van der Waals surface area contributed by atoms with E-state index in [0.29, 0.717) is 35.8 Å². The molecule has 2 aromatic rings. The summed E-state index contributed by atoms with van der Waals surface area (Å²) in [5, 5.41) is -0.146. The Morgan fingerprint density at radius 2 is 1.63 bits per heavy atom. The van der Waals surface area contributed by atoms with Gasteiger partial charge in [-0.1, -0.05) is 37.1 Å². The number of hydrogen-bond donors (Lipinski definition) is 0. The van der Waals surface area contributed by atoms with Crippen molar-refractivity contribution in [2.45, 2.75) is 26.7 Å². The number of carbonyl (C=O) groups is 3. The Balaban J connectivity index is 1.79. The van der Waals surface area contributed by atoms with Gasteiger partial charge in [0.05, 0.1) is 30.0 Å². The summed E-state index contributed by atoms with van der Waals surface area (Å²) in [6.07, 6.45) is 1.72. The molecule has 6 nitrogen and oxygen atoms in total. The van der Waals surface area contributed by atoms with Gasteiger partial charge in [0, 0.05) is 0 Å². The fourth-order valence-corrected chi connectivity index (χ4v) is 3.29. The highest BCUT2D eigenvalue weighted by Gasteiger charge is 2.39. The molecule has 0 saturated heterocycles. The van der Waals surface area contributed by atoms with Gasteiger partial charge in [0.1, 0.15) is 10.8 Å². The van der Waals surface area contributed by atoms with Crippen LogP contribution in [0.25, 0.3) is 5.57 Å². The van der Waals surface area contributed by atoms with Crippen LogP contribution in [0.1, 0.15) is 42.6 Å². The molecule has 0 aliphatic carbocycles. The molecule has 7 heteroatoms. The SMILES string of the molecule is CCCCOC(=O)c1ccc(N2C(=O)C(Cl)=C(c3ccc(OCC)cc3)C2=O)cc1. The van der Waals surface area contributed by atoms with Gasteiger partial charge in [-0.2, -0.15) is 0 Å². The summed E-state index contributed by atoms with van der Waals surface area (Å²) in [4.78, 5) is 38.7. The zero-order chi connectivity index (χ0) is 21.7. The molecule has 0 spiro atoms. The van der Waals surface area contributed by atoms with Gasteiger partial charge in [-0.05, 0) is 55.3 Å². The van der Waals surface area contributed by atoms with Crippen LogP contribution in [0.4, 0.5) is 5.69 Å². The molecule has 1 heterocycles. The minimum Gasteiger partial charge on any atom is -0.494 e. The zero-order valence-electron chi connectivity index (χ0n) is 16.8. The number of anilines is 1. The van der Waals surface area contributed by atoms with Crippen molar-refractivity contribution in [3.8, 4) is 5.75 Å². The number of amides is 2. The number of nitrogens with zero attached hydrogens (tertiary/aromatic N) is 1. The molecular formula is C23H22ClNO5. The molecule has 2 amide bonds. The fourth-order valence-electron chi connectivity index (χ4n) is 3.01. The van der Waals surface area contributed by atoms with E-state index < -0.39 is 17.8 Å². The van der Waals surface area contributed by atoms with Crippen LogP contribution in [0.5, 0.6) is 5.75 Å². The van der Waals surface area contributed by atoms with E-state index in [0.717, 1.165) is 17.7 Å². The zero-order valence-corrected chi connectivity index (χ0v) is 17.6. The van der Waals surface area contributed by atoms with Crippen LogP contribution < -0.4 is 9.64 Å². The third-order valence-corrected chi connectivity index (χ3v) is 4.92. The highest BCUT2D eigenvalue weighted by molar-refractivity contribution is 6.60. The van der Waals surface area contributed by atoms with Gasteiger partial charge in [-0.15, -0.1) is 0 Å². The molecule has 0 radical (unpaired) electrons. The lowest BCUT2D eigenvalue weighted by Crippen LogP contribution is -2.31. The lowest BCUT2D eigenvalue weighted by Gasteiger charge is -2.15. The van der Waals surface area contributed by atoms with Gasteiger partial charge in [0.25, 0.3) is 11.8 Å². The lowest BCUT2D eigenvalue weighted by atomic mass is 10.1. The fraction of sp³-hybridized carbons (Fsp3) is 0.261. The number of ether oxygens (including phenoxy) is 2. The highest BCUT2D eigenvalue weighted by atomic mass is 35.5. The summed E-state index contributed by atoms with van der Waals surface area (Å²) in [5.74, 6) is -0.912. The van der Waals surface area contributed by atoms with Gasteiger partial charge in [0.2, 0.25) is 0 Å². The standard InChI is InChI=1S/C23H22ClNO5/c1-3-5-14-30-23(28)16-6-10-17(11-7-16)25-21(26)19(20(24)22(25)27)15-8-12-18(13-9-15)29-4-2/h6-13H,3-5,14H2,1-2H3. The first-order valence-corrected chi connectivity index (χ1v) is 10.1. The maximum Gasteiger partial charge on any atom is 0.338 e. The van der Waals surface area contributed by atoms with Crippen LogP contribution in [-0.2, 0) is 14.3 Å². The number of esters is 1. The number of unbranched alkanes of at least 4 members (excludes halogenated alkanes) is 1. The van der Waals surface area contributed by atoms with Crippen LogP contribution in [0.2, 0.25) is 0 Å². The largest absolute Gasteiger partial charge is 0.494 e. The molecule has 0 N–H and O–H groups in total. The van der Waals surface area contributed by atoms with Crippen LogP contribution in [0.3, 0.4) is 0 Å². The topological polar surface area (TPSA) is 72.9 Å². The maximum atomic E-state index is 13.0. The Hall–Kier alpha value is -3.12. The van der Waals surface area contributed by atoms with Crippen LogP contribution in [-0.4, -0.2) is 31.0 Å². The van der Waals surface area contributed by atoms with E-state index in [1.807, 2.05) is 13.8 Å². The summed E-state index contributed by atoms with van der Waals surface area (Å²) >= 11 is 6.22. The Kier molecular flexibility index (Phi) is 6.90. The third kappa shape index (κ3) is 4.39. The van der Waals surface area contributed by atoms with E-state index in [9.17, 15) is 14.4 Å². The molecule has 1 aliphatic heterocycles. The molecule has 2 aromatic carbocycles. The third-order valence-electron chi connectivity index (χ3n) is 4.57. The molecular weight excluding hydrogens is 406 g/mol. The predicted octanol–water partition coefficient (Wildman–Crippen LogP) is 4.57. The van der Waals surface area contributed by atoms with E-state index >= 15 is 0 Å². The van der Waals surface area contributed by atoms with Crippen LogP contribution in [0, 0.1) is 0 Å². The summed E-state index contributed by atoms with van der Waals surface area (Å²) in [7, 11) is 0. The normalized spacial score (nSPS) is 13.8. The number of carbonyl (C=O) groups excluding carboxylic acids is 3. The van der Waals surface area contributed by atoms with Crippen LogP contribution >= 0.6 is 11.6 Å². The molecule has 0 bridgehead atoms. The van der Waals surface area contributed by atoms with Crippen molar-refractivity contribution in [3.05, 3.63) is 64.7 Å². The quantitative estimate of drug-likeness (QED) is 0.350. The molecule has 0 aromatic heterocycles. The number of halogens is 1. The molecule has 30 heavy (non-hydrogen) atoms. The molecule has 0 fully saturated rings. The van der Waals surface area contributed by atoms with Crippen molar-refractivity contribution >= 4 is 40.6 Å². The summed E-state index contributed by atoms with van der Waals surface area (Å²) in [6, 6.07) is 12.9. The van der Waals surface area contributed by atoms with Crippen molar-refractivity contribution in [3.63, 3.8) is 0 Å². The summed E-state index contributed by atoms with van der Waals surface area (Å²) in [5.41, 5.74) is 1.34. The molecule has 0 atom stereocenters. The maximum absolute atomic E-state index is 13.0. The van der Waals surface area contributed by atoms with Gasteiger partial charge in [0.15, 0.2) is 0 Å². The van der Waals surface area contributed by atoms with E-state index in [2.05, 4.69) is 0 Å². The molecule has 0 unspecified atom stereocenters. The monoisotopic (exact) mass is 427 g/mol. The molecule has 156 valence electrons. The van der Waals surface area contributed by atoms with E-state index in [1.165, 1.54) is 24.3 Å². The molecule has 0 saturated carbocycles. The predicted molar refractivity (Wildman–Crippen MR) is 115 cm³/mol. The number of imide groups is 1. The van der Waals surface area contributed by atoms with Crippen LogP contribution in [0.15, 0.2) is 53.6 Å². The second kappa shape index (κ2) is 9.59. The smallest absolute Gasteiger partial charge is 0.338 e. The Morgan fingerprint density at radius 1 is 0.967 bits per heavy atom. The highest BCUT2D eigenvalue weighted by Crippen LogP contribution is 2.35. The summed E-state index contributed by atoms with van der Waals surface area (Å²) in [6.45, 7) is 4.76. The van der Waals surface area contributed by atoms with E-state index in [-0.39, 0.29) is 10.6 Å². The van der Waals surface area contributed by atoms with Crippen molar-refractivity contribution < 1.29 is 23.9 Å². The molecule has 1 aliphatic rings. The Labute approximate surface area is 180 Å². The number of hydrogen-bond acceptors (Lipinski definition) is 5. The first kappa shape index (κ1) is 21.6. The lowest BCUT2D eigenvalue weighted by molar-refractivity contribution is -0.119. The van der Waals surface area contributed by atoms with E-state index in [4.69, 9.17) is 21.1 Å². The molecule has 3 rings (SSSR count). The Bertz CT molecular complexity index is 980. The average molecular weight is 428 g/mol. The minimum absolute atomic E-state index is 0.132. The first-order valence-electron chi connectivity index (χ1n) is 9.76. The number of rotatable bonds is 8. The van der Waals surface area contributed by atoms with E-state index in [1.54, 1.807) is 24.3 Å². The number of benzene rings is 2. The van der Waals surface area contributed by atoms with Gasteiger partial charge < -0.3 is 9.47 Å². The van der Waals surface area contributed by atoms with Crippen molar-refractivity contribution in [1.82, 2.24) is 0 Å². The average Bonchev–Trinajstić information content (AvgIpc) is 2.97. The van der Waals surface area contributed by atoms with Crippen molar-refractivity contribution in [1.29, 1.82) is 0 Å². The van der Waals surface area contributed by atoms with Gasteiger partial charge in [-0.25, -0.2) is 9.69 Å². The Morgan fingerprint density at radius 3 is 2.23 bits per heavy atom.